The van der Waals surface area contributed by atoms with Crippen LogP contribution in [0.3, 0.4) is 0 Å². The molecule has 1 fully saturated rings. The summed E-state index contributed by atoms with van der Waals surface area (Å²) in [6, 6.07) is 0. The van der Waals surface area contributed by atoms with Crippen molar-refractivity contribution in [3.8, 4) is 0 Å². The third-order valence-electron chi connectivity index (χ3n) is 3.45. The first-order chi connectivity index (χ1) is 9.04. The summed E-state index contributed by atoms with van der Waals surface area (Å²) in [5.74, 6) is -0.141. The van der Waals surface area contributed by atoms with E-state index >= 15 is 0 Å². The average Bonchev–Trinajstić information content (AvgIpc) is 2.80. The highest BCUT2D eigenvalue weighted by molar-refractivity contribution is 7.11. The van der Waals surface area contributed by atoms with Gasteiger partial charge in [-0.05, 0) is 45.9 Å². The van der Waals surface area contributed by atoms with Crippen molar-refractivity contribution in [3.63, 3.8) is 0 Å². The summed E-state index contributed by atoms with van der Waals surface area (Å²) in [5, 5.41) is 10.9. The summed E-state index contributed by atoms with van der Waals surface area (Å²) in [5.41, 5.74) is 0.883. The molecular formula is C13H21N3O2S. The predicted molar refractivity (Wildman–Crippen MR) is 75.6 cm³/mol. The first kappa shape index (κ1) is 14.4. The summed E-state index contributed by atoms with van der Waals surface area (Å²) in [6.07, 6.45) is 2.43. The lowest BCUT2D eigenvalue weighted by Gasteiger charge is -2.32. The summed E-state index contributed by atoms with van der Waals surface area (Å²) in [7, 11) is 4.24. The number of rotatable bonds is 5. The van der Waals surface area contributed by atoms with Crippen LogP contribution in [0, 0.1) is 5.92 Å². The second kappa shape index (κ2) is 6.45. The van der Waals surface area contributed by atoms with Crippen LogP contribution in [0.25, 0.3) is 0 Å². The Balaban J connectivity index is 1.80. The zero-order chi connectivity index (χ0) is 13.8. The van der Waals surface area contributed by atoms with E-state index in [0.29, 0.717) is 0 Å². The molecule has 1 saturated heterocycles. The molecule has 5 nitrogen and oxygen atoms in total. The fourth-order valence-corrected chi connectivity index (χ4v) is 3.20. The van der Waals surface area contributed by atoms with Crippen molar-refractivity contribution in [2.45, 2.75) is 19.4 Å². The molecule has 0 spiro atoms. The van der Waals surface area contributed by atoms with Gasteiger partial charge in [0.1, 0.15) is 0 Å². The molecular weight excluding hydrogens is 262 g/mol. The molecule has 0 unspecified atom stereocenters. The average molecular weight is 283 g/mol. The molecule has 0 aromatic carbocycles. The highest BCUT2D eigenvalue weighted by Crippen LogP contribution is 2.20. The lowest BCUT2D eigenvalue weighted by molar-refractivity contribution is 0.0696. The molecule has 1 aliphatic rings. The second-order valence-electron chi connectivity index (χ2n) is 5.43. The van der Waals surface area contributed by atoms with Crippen LogP contribution in [0.2, 0.25) is 0 Å². The molecule has 1 aromatic heterocycles. The van der Waals surface area contributed by atoms with Crippen molar-refractivity contribution in [2.24, 2.45) is 5.92 Å². The monoisotopic (exact) mass is 283 g/mol. The van der Waals surface area contributed by atoms with E-state index in [1.54, 1.807) is 0 Å². The van der Waals surface area contributed by atoms with Crippen molar-refractivity contribution in [3.05, 3.63) is 16.1 Å². The van der Waals surface area contributed by atoms with Gasteiger partial charge in [0.05, 0.1) is 5.69 Å². The number of thiazole rings is 1. The van der Waals surface area contributed by atoms with Gasteiger partial charge in [0.15, 0.2) is 0 Å². The van der Waals surface area contributed by atoms with E-state index < -0.39 is 5.97 Å². The standard InChI is InChI=1S/C13H21N3O2S/c1-15(2)7-10-3-5-16(6-4-10)8-11-9-19-12(14-11)13(17)18/h9-10H,3-8H2,1-2H3,(H,17,18). The van der Waals surface area contributed by atoms with Crippen LogP contribution < -0.4 is 0 Å². The van der Waals surface area contributed by atoms with Gasteiger partial charge in [-0.15, -0.1) is 11.3 Å². The SMILES string of the molecule is CN(C)CC1CCN(Cc2csc(C(=O)O)n2)CC1. The smallest absolute Gasteiger partial charge is 0.365 e. The van der Waals surface area contributed by atoms with Crippen LogP contribution in [0.15, 0.2) is 5.38 Å². The highest BCUT2D eigenvalue weighted by atomic mass is 32.1. The van der Waals surface area contributed by atoms with Crippen molar-refractivity contribution in [1.82, 2.24) is 14.8 Å². The molecule has 0 atom stereocenters. The fraction of sp³-hybridized carbons (Fsp3) is 0.692. The Kier molecular flexibility index (Phi) is 4.90. The first-order valence-electron chi connectivity index (χ1n) is 6.59. The number of piperidine rings is 1. The van der Waals surface area contributed by atoms with Gasteiger partial charge < -0.3 is 10.0 Å². The minimum absolute atomic E-state index is 0.192. The Bertz CT molecular complexity index is 425. The summed E-state index contributed by atoms with van der Waals surface area (Å²) in [6.45, 7) is 4.10. The number of hydrogen-bond acceptors (Lipinski definition) is 5. The summed E-state index contributed by atoms with van der Waals surface area (Å²) < 4.78 is 0. The maximum Gasteiger partial charge on any atom is 0.365 e. The summed E-state index contributed by atoms with van der Waals surface area (Å²) >= 11 is 1.21. The van der Waals surface area contributed by atoms with Gasteiger partial charge in [-0.25, -0.2) is 9.78 Å². The molecule has 1 aliphatic heterocycles. The lowest BCUT2D eigenvalue weighted by Crippen LogP contribution is -2.36. The second-order valence-corrected chi connectivity index (χ2v) is 6.29. The van der Waals surface area contributed by atoms with E-state index in [2.05, 4.69) is 28.9 Å². The van der Waals surface area contributed by atoms with Crippen LogP contribution in [-0.4, -0.2) is 59.6 Å². The molecule has 6 heteroatoms. The van der Waals surface area contributed by atoms with E-state index in [4.69, 9.17) is 5.11 Å². The lowest BCUT2D eigenvalue weighted by atomic mass is 9.96. The third-order valence-corrected chi connectivity index (χ3v) is 4.33. The van der Waals surface area contributed by atoms with Gasteiger partial charge in [0.2, 0.25) is 5.01 Å². The Morgan fingerprint density at radius 3 is 2.74 bits per heavy atom. The van der Waals surface area contributed by atoms with Crippen LogP contribution in [0.4, 0.5) is 0 Å². The molecule has 0 aliphatic carbocycles. The van der Waals surface area contributed by atoms with Crippen molar-refractivity contribution in [2.75, 3.05) is 33.7 Å². The maximum atomic E-state index is 10.8. The number of aromatic carboxylic acids is 1. The van der Waals surface area contributed by atoms with E-state index in [1.165, 1.54) is 24.2 Å². The number of aromatic nitrogens is 1. The maximum absolute atomic E-state index is 10.8. The molecule has 1 N–H and O–H groups in total. The van der Waals surface area contributed by atoms with E-state index in [0.717, 1.165) is 37.8 Å². The zero-order valence-electron chi connectivity index (χ0n) is 11.5. The topological polar surface area (TPSA) is 56.7 Å². The minimum atomic E-state index is -0.930. The molecule has 0 radical (unpaired) electrons. The Labute approximate surface area is 117 Å². The molecule has 2 heterocycles. The molecule has 106 valence electrons. The number of carboxylic acid groups (broad SMARTS) is 1. The quantitative estimate of drug-likeness (QED) is 0.890. The van der Waals surface area contributed by atoms with Gasteiger partial charge >= 0.3 is 5.97 Å². The summed E-state index contributed by atoms with van der Waals surface area (Å²) in [4.78, 5) is 19.5. The van der Waals surface area contributed by atoms with E-state index in [9.17, 15) is 4.79 Å². The van der Waals surface area contributed by atoms with Crippen LogP contribution in [-0.2, 0) is 6.54 Å². The van der Waals surface area contributed by atoms with Gasteiger partial charge in [0, 0.05) is 18.5 Å². The Hall–Kier alpha value is -0.980. The third kappa shape index (κ3) is 4.26. The van der Waals surface area contributed by atoms with Gasteiger partial charge in [0.25, 0.3) is 0 Å². The molecule has 1 aromatic rings. The molecule has 0 saturated carbocycles. The first-order valence-corrected chi connectivity index (χ1v) is 7.47. The highest BCUT2D eigenvalue weighted by Gasteiger charge is 2.20. The van der Waals surface area contributed by atoms with Gasteiger partial charge in [-0.1, -0.05) is 0 Å². The van der Waals surface area contributed by atoms with E-state index in [1.807, 2.05) is 5.38 Å². The number of carbonyl (C=O) groups is 1. The van der Waals surface area contributed by atoms with Crippen LogP contribution in [0.1, 0.15) is 28.3 Å². The molecule has 0 bridgehead atoms. The van der Waals surface area contributed by atoms with Gasteiger partial charge in [-0.3, -0.25) is 4.90 Å². The molecule has 2 rings (SSSR count). The normalized spacial score (nSPS) is 18.1. The minimum Gasteiger partial charge on any atom is -0.476 e. The zero-order valence-corrected chi connectivity index (χ0v) is 12.3. The van der Waals surface area contributed by atoms with Gasteiger partial charge in [-0.2, -0.15) is 0 Å². The van der Waals surface area contributed by atoms with Crippen molar-refractivity contribution in [1.29, 1.82) is 0 Å². The number of nitrogens with zero attached hydrogens (tertiary/aromatic N) is 3. The largest absolute Gasteiger partial charge is 0.476 e. The molecule has 0 amide bonds. The fourth-order valence-electron chi connectivity index (χ4n) is 2.55. The number of carboxylic acids is 1. The number of hydrogen-bond donors (Lipinski definition) is 1. The number of likely N-dealkylation sites (tertiary alicyclic amines) is 1. The van der Waals surface area contributed by atoms with Crippen molar-refractivity contribution >= 4 is 17.3 Å². The predicted octanol–water partition coefficient (Wildman–Crippen LogP) is 1.61. The van der Waals surface area contributed by atoms with Crippen LogP contribution >= 0.6 is 11.3 Å². The Morgan fingerprint density at radius 2 is 2.21 bits per heavy atom. The Morgan fingerprint density at radius 1 is 1.53 bits per heavy atom. The van der Waals surface area contributed by atoms with Crippen molar-refractivity contribution < 1.29 is 9.90 Å². The molecule has 19 heavy (non-hydrogen) atoms. The van der Waals surface area contributed by atoms with E-state index in [-0.39, 0.29) is 5.01 Å². The van der Waals surface area contributed by atoms with Crippen LogP contribution in [0.5, 0.6) is 0 Å².